The van der Waals surface area contributed by atoms with Crippen LogP contribution in [0.1, 0.15) is 21.8 Å². The van der Waals surface area contributed by atoms with Crippen molar-refractivity contribution < 1.29 is 13.9 Å². The van der Waals surface area contributed by atoms with E-state index in [1.807, 2.05) is 6.07 Å². The van der Waals surface area contributed by atoms with Crippen LogP contribution in [0, 0.1) is 17.1 Å². The van der Waals surface area contributed by atoms with Crippen molar-refractivity contribution in [2.75, 3.05) is 7.11 Å². The van der Waals surface area contributed by atoms with E-state index in [4.69, 9.17) is 16.3 Å². The summed E-state index contributed by atoms with van der Waals surface area (Å²) < 4.78 is 18.8. The van der Waals surface area contributed by atoms with E-state index in [2.05, 4.69) is 0 Å². The number of Topliss-reactive ketones (excluding diaryl/α,β-unsaturated/α-hetero) is 1. The molecule has 3 nitrogen and oxygen atoms in total. The molecule has 0 heterocycles. The Hall–Kier alpha value is -2.38. The minimum absolute atomic E-state index is 0.141. The molecular weight excluding hydrogens is 293 g/mol. The molecule has 0 aromatic heterocycles. The number of rotatable bonds is 4. The summed E-state index contributed by atoms with van der Waals surface area (Å²) in [4.78, 5) is 12.3. The highest BCUT2D eigenvalue weighted by Crippen LogP contribution is 2.25. The van der Waals surface area contributed by atoms with Gasteiger partial charge in [-0.25, -0.2) is 4.39 Å². The number of carbonyl (C=O) groups is 1. The second-order valence-electron chi connectivity index (χ2n) is 4.32. The third-order valence-corrected chi connectivity index (χ3v) is 3.29. The number of nitriles is 1. The van der Waals surface area contributed by atoms with Crippen LogP contribution in [-0.2, 0) is 0 Å². The monoisotopic (exact) mass is 303 g/mol. The van der Waals surface area contributed by atoms with Gasteiger partial charge in [-0.15, -0.1) is 0 Å². The van der Waals surface area contributed by atoms with E-state index in [1.165, 1.54) is 19.2 Å². The molecule has 0 aliphatic heterocycles. The van der Waals surface area contributed by atoms with Gasteiger partial charge in [0, 0.05) is 11.1 Å². The van der Waals surface area contributed by atoms with Gasteiger partial charge >= 0.3 is 0 Å². The Morgan fingerprint density at radius 2 is 1.95 bits per heavy atom. The van der Waals surface area contributed by atoms with Crippen LogP contribution in [-0.4, -0.2) is 12.9 Å². The molecule has 0 saturated heterocycles. The molecular formula is C16H11ClFNO2. The fourth-order valence-electron chi connectivity index (χ4n) is 1.92. The zero-order valence-electron chi connectivity index (χ0n) is 11.1. The fourth-order valence-corrected chi connectivity index (χ4v) is 2.04. The van der Waals surface area contributed by atoms with E-state index in [9.17, 15) is 14.4 Å². The van der Waals surface area contributed by atoms with E-state index >= 15 is 0 Å². The van der Waals surface area contributed by atoms with Crippen molar-refractivity contribution in [2.24, 2.45) is 0 Å². The molecule has 5 heteroatoms. The third-order valence-electron chi connectivity index (χ3n) is 3.04. The molecule has 0 saturated carbocycles. The van der Waals surface area contributed by atoms with Crippen molar-refractivity contribution in [1.29, 1.82) is 5.26 Å². The van der Waals surface area contributed by atoms with E-state index in [1.54, 1.807) is 24.3 Å². The van der Waals surface area contributed by atoms with Gasteiger partial charge in [0.15, 0.2) is 5.78 Å². The molecule has 2 rings (SSSR count). The SMILES string of the molecule is COc1ccc(C(=O)C(C#N)c2ccc(Cl)cc2)c(F)c1. The average Bonchev–Trinajstić information content (AvgIpc) is 2.49. The van der Waals surface area contributed by atoms with Gasteiger partial charge in [-0.2, -0.15) is 5.26 Å². The quantitative estimate of drug-likeness (QED) is 0.803. The lowest BCUT2D eigenvalue weighted by Gasteiger charge is -2.10. The average molecular weight is 304 g/mol. The molecule has 106 valence electrons. The number of methoxy groups -OCH3 is 1. The lowest BCUT2D eigenvalue weighted by Crippen LogP contribution is -2.13. The van der Waals surface area contributed by atoms with Crippen molar-refractivity contribution in [3.63, 3.8) is 0 Å². The summed E-state index contributed by atoms with van der Waals surface area (Å²) in [5, 5.41) is 9.72. The van der Waals surface area contributed by atoms with Crippen LogP contribution < -0.4 is 4.74 Å². The maximum Gasteiger partial charge on any atom is 0.187 e. The molecule has 2 aromatic carbocycles. The number of ketones is 1. The summed E-state index contributed by atoms with van der Waals surface area (Å²) in [7, 11) is 1.40. The van der Waals surface area contributed by atoms with Crippen LogP contribution in [0.5, 0.6) is 5.75 Å². The zero-order valence-corrected chi connectivity index (χ0v) is 11.9. The standard InChI is InChI=1S/C16H11ClFNO2/c1-21-12-6-7-13(15(18)8-12)16(20)14(9-19)10-2-4-11(17)5-3-10/h2-8,14H,1H3. The first-order valence-electron chi connectivity index (χ1n) is 6.09. The van der Waals surface area contributed by atoms with Crippen LogP contribution in [0.3, 0.4) is 0 Å². The zero-order chi connectivity index (χ0) is 15.4. The number of ether oxygens (including phenoxy) is 1. The number of hydrogen-bond acceptors (Lipinski definition) is 3. The topological polar surface area (TPSA) is 50.1 Å². The largest absolute Gasteiger partial charge is 0.497 e. The van der Waals surface area contributed by atoms with E-state index in [0.29, 0.717) is 16.3 Å². The van der Waals surface area contributed by atoms with Gasteiger partial charge < -0.3 is 4.74 Å². The summed E-state index contributed by atoms with van der Waals surface area (Å²) in [6.45, 7) is 0. The molecule has 0 aliphatic carbocycles. The molecule has 1 unspecified atom stereocenters. The van der Waals surface area contributed by atoms with Crippen LogP contribution in [0.4, 0.5) is 4.39 Å². The summed E-state index contributed by atoms with van der Waals surface area (Å²) >= 11 is 5.77. The number of carbonyl (C=O) groups excluding carboxylic acids is 1. The van der Waals surface area contributed by atoms with Gasteiger partial charge in [-0.3, -0.25) is 4.79 Å². The van der Waals surface area contributed by atoms with Crippen LogP contribution >= 0.6 is 11.6 Å². The lowest BCUT2D eigenvalue weighted by atomic mass is 9.91. The second-order valence-corrected chi connectivity index (χ2v) is 4.76. The molecule has 21 heavy (non-hydrogen) atoms. The molecule has 0 fully saturated rings. The number of benzene rings is 2. The Morgan fingerprint density at radius 3 is 2.48 bits per heavy atom. The normalized spacial score (nSPS) is 11.5. The highest BCUT2D eigenvalue weighted by Gasteiger charge is 2.24. The van der Waals surface area contributed by atoms with E-state index in [0.717, 1.165) is 6.07 Å². The maximum absolute atomic E-state index is 13.9. The molecule has 0 bridgehead atoms. The lowest BCUT2D eigenvalue weighted by molar-refractivity contribution is 0.0975. The fraction of sp³-hybridized carbons (Fsp3) is 0.125. The van der Waals surface area contributed by atoms with Crippen LogP contribution in [0.2, 0.25) is 5.02 Å². The molecule has 0 amide bonds. The molecule has 2 aromatic rings. The molecule has 0 radical (unpaired) electrons. The van der Waals surface area contributed by atoms with Gasteiger partial charge in [0.05, 0.1) is 18.7 Å². The smallest absolute Gasteiger partial charge is 0.187 e. The van der Waals surface area contributed by atoms with Gasteiger partial charge in [0.1, 0.15) is 17.5 Å². The summed E-state index contributed by atoms with van der Waals surface area (Å²) in [6.07, 6.45) is 0. The van der Waals surface area contributed by atoms with Crippen molar-refractivity contribution in [3.8, 4) is 11.8 Å². The predicted molar refractivity (Wildman–Crippen MR) is 77.1 cm³/mol. The Bertz CT molecular complexity index is 707. The first-order valence-corrected chi connectivity index (χ1v) is 6.47. The molecule has 0 spiro atoms. The van der Waals surface area contributed by atoms with Crippen molar-refractivity contribution in [3.05, 3.63) is 64.4 Å². The number of halogens is 2. The van der Waals surface area contributed by atoms with Gasteiger partial charge in [0.25, 0.3) is 0 Å². The Kier molecular flexibility index (Phi) is 4.56. The van der Waals surface area contributed by atoms with E-state index in [-0.39, 0.29) is 5.56 Å². The number of hydrogen-bond donors (Lipinski definition) is 0. The molecule has 1 atom stereocenters. The predicted octanol–water partition coefficient (Wildman–Crippen LogP) is 3.98. The van der Waals surface area contributed by atoms with E-state index < -0.39 is 17.5 Å². The first kappa shape index (κ1) is 15.0. The van der Waals surface area contributed by atoms with Crippen LogP contribution in [0.25, 0.3) is 0 Å². The number of nitrogens with zero attached hydrogens (tertiary/aromatic N) is 1. The first-order chi connectivity index (χ1) is 10.1. The maximum atomic E-state index is 13.9. The van der Waals surface area contributed by atoms with Crippen molar-refractivity contribution in [1.82, 2.24) is 0 Å². The van der Waals surface area contributed by atoms with Gasteiger partial charge in [-0.1, -0.05) is 23.7 Å². The third kappa shape index (κ3) is 3.21. The van der Waals surface area contributed by atoms with Gasteiger partial charge in [-0.05, 0) is 29.8 Å². The minimum atomic E-state index is -1.08. The Morgan fingerprint density at radius 1 is 1.29 bits per heavy atom. The molecule has 0 aliphatic rings. The Balaban J connectivity index is 2.37. The highest BCUT2D eigenvalue weighted by molar-refractivity contribution is 6.30. The summed E-state index contributed by atoms with van der Waals surface area (Å²) in [6, 6.07) is 12.1. The summed E-state index contributed by atoms with van der Waals surface area (Å²) in [5.74, 6) is -2.08. The highest BCUT2D eigenvalue weighted by atomic mass is 35.5. The van der Waals surface area contributed by atoms with Crippen molar-refractivity contribution >= 4 is 17.4 Å². The Labute approximate surface area is 126 Å². The van der Waals surface area contributed by atoms with Crippen LogP contribution in [0.15, 0.2) is 42.5 Å². The van der Waals surface area contributed by atoms with Crippen molar-refractivity contribution in [2.45, 2.75) is 5.92 Å². The minimum Gasteiger partial charge on any atom is -0.497 e. The van der Waals surface area contributed by atoms with Gasteiger partial charge in [0.2, 0.25) is 0 Å². The molecule has 0 N–H and O–H groups in total. The second kappa shape index (κ2) is 6.38. The summed E-state index contributed by atoms with van der Waals surface area (Å²) in [5.41, 5.74) is 0.333.